The number of ether oxygens (including phenoxy) is 4. The fraction of sp³-hybridized carbons (Fsp3) is 0.824. The summed E-state index contributed by atoms with van der Waals surface area (Å²) in [6, 6.07) is 0. The molecular formula is C34H62O6. The van der Waals surface area contributed by atoms with Gasteiger partial charge in [0.15, 0.2) is 5.78 Å². The minimum atomic E-state index is -0.893. The van der Waals surface area contributed by atoms with Gasteiger partial charge in [-0.15, -0.1) is 0 Å². The van der Waals surface area contributed by atoms with Crippen LogP contribution in [0.4, 0.5) is 0 Å². The van der Waals surface area contributed by atoms with E-state index >= 15 is 0 Å². The van der Waals surface area contributed by atoms with Gasteiger partial charge in [0.05, 0.1) is 23.9 Å². The van der Waals surface area contributed by atoms with E-state index in [4.69, 9.17) is 18.9 Å². The third kappa shape index (κ3) is 11.4. The molecule has 1 unspecified atom stereocenters. The molecule has 0 fully saturated rings. The topological polar surface area (TPSA) is 71.1 Å². The summed E-state index contributed by atoms with van der Waals surface area (Å²) in [5.41, 5.74) is -1.91. The first-order valence-corrected chi connectivity index (χ1v) is 14.8. The highest BCUT2D eigenvalue weighted by molar-refractivity contribution is 6.00. The van der Waals surface area contributed by atoms with Crippen LogP contribution in [-0.2, 0) is 28.5 Å². The molecule has 0 bridgehead atoms. The van der Waals surface area contributed by atoms with Gasteiger partial charge >= 0.3 is 5.97 Å². The Bertz CT molecular complexity index is 888. The zero-order valence-electron chi connectivity index (χ0n) is 28.7. The molecule has 0 saturated heterocycles. The maximum atomic E-state index is 12.4. The van der Waals surface area contributed by atoms with Gasteiger partial charge in [-0.05, 0) is 105 Å². The van der Waals surface area contributed by atoms with Gasteiger partial charge in [0.2, 0.25) is 0 Å². The lowest BCUT2D eigenvalue weighted by Gasteiger charge is -2.47. The number of esters is 1. The van der Waals surface area contributed by atoms with E-state index in [1.165, 1.54) is 0 Å². The molecule has 0 aromatic carbocycles. The molecule has 0 heterocycles. The fourth-order valence-electron chi connectivity index (χ4n) is 4.24. The molecule has 0 N–H and O–H groups in total. The first kappa shape index (κ1) is 38.5. The van der Waals surface area contributed by atoms with Crippen molar-refractivity contribution < 1.29 is 28.5 Å². The van der Waals surface area contributed by atoms with Crippen LogP contribution in [0.15, 0.2) is 24.3 Å². The predicted molar refractivity (Wildman–Crippen MR) is 166 cm³/mol. The fourth-order valence-corrected chi connectivity index (χ4v) is 4.24. The molecule has 0 aromatic rings. The Hall–Kier alpha value is -1.50. The molecule has 0 aliphatic carbocycles. The third-order valence-corrected chi connectivity index (χ3v) is 8.92. The van der Waals surface area contributed by atoms with E-state index in [1.54, 1.807) is 27.7 Å². The quantitative estimate of drug-likeness (QED) is 0.115. The summed E-state index contributed by atoms with van der Waals surface area (Å²) in [5, 5.41) is 0. The lowest BCUT2D eigenvalue weighted by atomic mass is 9.71. The Morgan fingerprint density at radius 2 is 1.20 bits per heavy atom. The molecule has 0 aliphatic rings. The number of hydrogen-bond donors (Lipinski definition) is 0. The van der Waals surface area contributed by atoms with Crippen molar-refractivity contribution in [2.45, 2.75) is 158 Å². The summed E-state index contributed by atoms with van der Waals surface area (Å²) in [5.74, 6) is -0.455. The Balaban J connectivity index is 5.28. The number of carbonyl (C=O) groups excluding carboxylic acids is 2. The molecule has 1 atom stereocenters. The van der Waals surface area contributed by atoms with E-state index in [-0.39, 0.29) is 28.7 Å². The van der Waals surface area contributed by atoms with E-state index in [1.807, 2.05) is 13.8 Å². The zero-order valence-corrected chi connectivity index (χ0v) is 28.7. The van der Waals surface area contributed by atoms with Crippen molar-refractivity contribution in [3.63, 3.8) is 0 Å². The average Bonchev–Trinajstić information content (AvgIpc) is 2.76. The minimum absolute atomic E-state index is 0.0301. The van der Waals surface area contributed by atoms with Gasteiger partial charge < -0.3 is 18.9 Å². The number of ketones is 1. The molecular weight excluding hydrogens is 504 g/mol. The van der Waals surface area contributed by atoms with Crippen LogP contribution in [0.1, 0.15) is 130 Å². The van der Waals surface area contributed by atoms with Crippen LogP contribution < -0.4 is 0 Å². The summed E-state index contributed by atoms with van der Waals surface area (Å²) in [6.45, 7) is 38.6. The SMILES string of the molecule is C=C(C)C(=O)OC(C)(C)CCOC(C)(C)C(C)(C)CC(CC)OC(C)(C)C(C)(C)CCOC(C)(C)C(=O)C(=C)C. The van der Waals surface area contributed by atoms with E-state index in [2.05, 4.69) is 75.5 Å². The highest BCUT2D eigenvalue weighted by Crippen LogP contribution is 2.43. The Morgan fingerprint density at radius 3 is 1.65 bits per heavy atom. The summed E-state index contributed by atoms with van der Waals surface area (Å²) in [6.07, 6.45) is 3.05. The molecule has 0 amide bonds. The van der Waals surface area contributed by atoms with Crippen LogP contribution >= 0.6 is 0 Å². The van der Waals surface area contributed by atoms with Gasteiger partial charge in [0, 0.05) is 18.6 Å². The normalized spacial score (nSPS) is 14.6. The molecule has 0 rings (SSSR count). The second kappa shape index (κ2) is 14.1. The summed E-state index contributed by atoms with van der Waals surface area (Å²) in [7, 11) is 0. The van der Waals surface area contributed by atoms with Crippen molar-refractivity contribution >= 4 is 11.8 Å². The highest BCUT2D eigenvalue weighted by Gasteiger charge is 2.44. The van der Waals surface area contributed by atoms with Crippen molar-refractivity contribution in [3.8, 4) is 0 Å². The highest BCUT2D eigenvalue weighted by atomic mass is 16.6. The van der Waals surface area contributed by atoms with Gasteiger partial charge in [-0.2, -0.15) is 0 Å². The molecule has 0 radical (unpaired) electrons. The summed E-state index contributed by atoms with van der Waals surface area (Å²) >= 11 is 0. The Kier molecular flexibility index (Phi) is 13.6. The van der Waals surface area contributed by atoms with Gasteiger partial charge in [0.1, 0.15) is 11.2 Å². The van der Waals surface area contributed by atoms with E-state index in [0.717, 1.165) is 19.3 Å². The molecule has 0 aromatic heterocycles. The maximum absolute atomic E-state index is 12.4. The lowest BCUT2D eigenvalue weighted by Crippen LogP contribution is -2.49. The third-order valence-electron chi connectivity index (χ3n) is 8.92. The first-order chi connectivity index (χ1) is 17.7. The number of rotatable bonds is 19. The second-order valence-electron chi connectivity index (χ2n) is 14.9. The predicted octanol–water partition coefficient (Wildman–Crippen LogP) is 8.42. The molecule has 0 saturated carbocycles. The van der Waals surface area contributed by atoms with Crippen LogP contribution in [0.5, 0.6) is 0 Å². The van der Waals surface area contributed by atoms with Gasteiger partial charge in [-0.3, -0.25) is 4.79 Å². The summed E-state index contributed by atoms with van der Waals surface area (Å²) in [4.78, 5) is 24.4. The number of hydrogen-bond acceptors (Lipinski definition) is 6. The monoisotopic (exact) mass is 566 g/mol. The van der Waals surface area contributed by atoms with Gasteiger partial charge in [-0.25, -0.2) is 4.79 Å². The smallest absolute Gasteiger partial charge is 0.333 e. The maximum Gasteiger partial charge on any atom is 0.333 e. The van der Waals surface area contributed by atoms with Crippen LogP contribution in [0.3, 0.4) is 0 Å². The second-order valence-corrected chi connectivity index (χ2v) is 14.9. The standard InChI is InChI=1S/C34H62O6/c1-18-26(39-34(16,17)29(6,7)19-21-37-32(12,13)27(35)24(2)3)23-30(8,9)33(14,15)38-22-20-31(10,11)40-28(36)25(4)5/h26H,2,4,18-23H2,1,3,5-17H3. The van der Waals surface area contributed by atoms with Crippen molar-refractivity contribution in [2.75, 3.05) is 13.2 Å². The van der Waals surface area contributed by atoms with Crippen LogP contribution in [-0.4, -0.2) is 53.5 Å². The van der Waals surface area contributed by atoms with Crippen molar-refractivity contribution in [1.82, 2.24) is 0 Å². The zero-order chi connectivity index (χ0) is 32.0. The van der Waals surface area contributed by atoms with Crippen LogP contribution in [0.2, 0.25) is 0 Å². The molecule has 40 heavy (non-hydrogen) atoms. The van der Waals surface area contributed by atoms with Gasteiger partial charge in [-0.1, -0.05) is 47.8 Å². The van der Waals surface area contributed by atoms with Crippen LogP contribution in [0, 0.1) is 10.8 Å². The first-order valence-electron chi connectivity index (χ1n) is 14.8. The van der Waals surface area contributed by atoms with Crippen molar-refractivity contribution in [3.05, 3.63) is 24.3 Å². The summed E-state index contributed by atoms with van der Waals surface area (Å²) < 4.78 is 24.8. The van der Waals surface area contributed by atoms with E-state index < -0.39 is 22.4 Å². The molecule has 0 spiro atoms. The number of Topliss-reactive ketones (excluding diaryl/α,β-unsaturated/α-hetero) is 1. The minimum Gasteiger partial charge on any atom is -0.456 e. The van der Waals surface area contributed by atoms with Gasteiger partial charge in [0.25, 0.3) is 0 Å². The lowest BCUT2D eigenvalue weighted by molar-refractivity contribution is -0.176. The van der Waals surface area contributed by atoms with E-state index in [9.17, 15) is 9.59 Å². The molecule has 0 aliphatic heterocycles. The molecule has 234 valence electrons. The molecule has 6 heteroatoms. The van der Waals surface area contributed by atoms with Crippen molar-refractivity contribution in [2.24, 2.45) is 10.8 Å². The largest absolute Gasteiger partial charge is 0.456 e. The average molecular weight is 567 g/mol. The Labute approximate surface area is 246 Å². The Morgan fingerprint density at radius 1 is 0.700 bits per heavy atom. The molecule has 6 nitrogen and oxygen atoms in total. The van der Waals surface area contributed by atoms with Crippen molar-refractivity contribution in [1.29, 1.82) is 0 Å². The van der Waals surface area contributed by atoms with E-state index in [0.29, 0.717) is 30.8 Å². The number of carbonyl (C=O) groups is 2. The van der Waals surface area contributed by atoms with Crippen LogP contribution in [0.25, 0.3) is 0 Å².